The predicted octanol–water partition coefficient (Wildman–Crippen LogP) is 2.82. The lowest BCUT2D eigenvalue weighted by Gasteiger charge is -2.21. The maximum atomic E-state index is 11.6. The lowest BCUT2D eigenvalue weighted by atomic mass is 10.1. The summed E-state index contributed by atoms with van der Waals surface area (Å²) in [7, 11) is 0. The standard InChI is InChI=1S/C16H34N2O2/c1-7-18(8-2)13-9-10-14(3)17-12-11-15(19)20-16(4,5)6/h14,17H,7-13H2,1-6H3/t14-/m0/s1. The summed E-state index contributed by atoms with van der Waals surface area (Å²) in [5, 5.41) is 3.39. The SMILES string of the molecule is CCN(CC)CCC[C@H](C)NCCC(=O)OC(C)(C)C. The molecule has 4 nitrogen and oxygen atoms in total. The molecule has 0 amide bonds. The van der Waals surface area contributed by atoms with Gasteiger partial charge in [-0.25, -0.2) is 0 Å². The fourth-order valence-electron chi connectivity index (χ4n) is 2.08. The maximum absolute atomic E-state index is 11.6. The van der Waals surface area contributed by atoms with Gasteiger partial charge in [-0.2, -0.15) is 0 Å². The van der Waals surface area contributed by atoms with Gasteiger partial charge in [0.05, 0.1) is 6.42 Å². The van der Waals surface area contributed by atoms with Crippen LogP contribution in [0.2, 0.25) is 0 Å². The first-order valence-corrected chi connectivity index (χ1v) is 7.96. The molecule has 0 aliphatic heterocycles. The minimum absolute atomic E-state index is 0.125. The summed E-state index contributed by atoms with van der Waals surface area (Å²) >= 11 is 0. The number of nitrogens with one attached hydrogen (secondary N) is 1. The molecule has 0 unspecified atom stereocenters. The molecule has 0 fully saturated rings. The van der Waals surface area contributed by atoms with Crippen molar-refractivity contribution in [2.24, 2.45) is 0 Å². The van der Waals surface area contributed by atoms with E-state index in [9.17, 15) is 4.79 Å². The van der Waals surface area contributed by atoms with Gasteiger partial charge in [-0.05, 0) is 60.2 Å². The van der Waals surface area contributed by atoms with Gasteiger partial charge in [-0.3, -0.25) is 4.79 Å². The van der Waals surface area contributed by atoms with Gasteiger partial charge in [-0.1, -0.05) is 13.8 Å². The zero-order valence-electron chi connectivity index (χ0n) is 14.3. The molecule has 0 aliphatic carbocycles. The van der Waals surface area contributed by atoms with Crippen LogP contribution in [0.3, 0.4) is 0 Å². The molecule has 1 N–H and O–H groups in total. The van der Waals surface area contributed by atoms with Crippen LogP contribution in [-0.4, -0.2) is 48.7 Å². The Morgan fingerprint density at radius 1 is 1.25 bits per heavy atom. The number of carbonyl (C=O) groups is 1. The van der Waals surface area contributed by atoms with E-state index in [2.05, 4.69) is 31.0 Å². The van der Waals surface area contributed by atoms with Crippen LogP contribution < -0.4 is 5.32 Å². The summed E-state index contributed by atoms with van der Waals surface area (Å²) in [4.78, 5) is 14.0. The lowest BCUT2D eigenvalue weighted by Crippen LogP contribution is -2.32. The molecular weight excluding hydrogens is 252 g/mol. The van der Waals surface area contributed by atoms with E-state index < -0.39 is 0 Å². The molecule has 0 saturated heterocycles. The molecule has 0 heterocycles. The van der Waals surface area contributed by atoms with Crippen LogP contribution in [0.4, 0.5) is 0 Å². The average Bonchev–Trinajstić information content (AvgIpc) is 2.32. The Labute approximate surface area is 125 Å². The first-order valence-electron chi connectivity index (χ1n) is 7.96. The summed E-state index contributed by atoms with van der Waals surface area (Å²) in [6, 6.07) is 0.452. The summed E-state index contributed by atoms with van der Waals surface area (Å²) in [6.45, 7) is 16.4. The Morgan fingerprint density at radius 3 is 2.35 bits per heavy atom. The molecule has 0 saturated carbocycles. The molecule has 20 heavy (non-hydrogen) atoms. The number of rotatable bonds is 10. The number of carbonyl (C=O) groups excluding carboxylic acids is 1. The van der Waals surface area contributed by atoms with Crippen molar-refractivity contribution in [2.75, 3.05) is 26.2 Å². The third-order valence-electron chi connectivity index (χ3n) is 3.25. The van der Waals surface area contributed by atoms with Crippen molar-refractivity contribution in [3.05, 3.63) is 0 Å². The number of hydrogen-bond donors (Lipinski definition) is 1. The van der Waals surface area contributed by atoms with Crippen LogP contribution in [0.25, 0.3) is 0 Å². The smallest absolute Gasteiger partial charge is 0.307 e. The molecular formula is C16H34N2O2. The van der Waals surface area contributed by atoms with E-state index in [1.54, 1.807) is 0 Å². The highest BCUT2D eigenvalue weighted by Gasteiger charge is 2.15. The number of nitrogens with zero attached hydrogens (tertiary/aromatic N) is 1. The monoisotopic (exact) mass is 286 g/mol. The zero-order valence-corrected chi connectivity index (χ0v) is 14.3. The van der Waals surface area contributed by atoms with Crippen LogP contribution in [0.15, 0.2) is 0 Å². The molecule has 0 radical (unpaired) electrons. The molecule has 0 aromatic carbocycles. The topological polar surface area (TPSA) is 41.6 Å². The third kappa shape index (κ3) is 11.2. The van der Waals surface area contributed by atoms with Crippen molar-refractivity contribution in [3.63, 3.8) is 0 Å². The summed E-state index contributed by atoms with van der Waals surface area (Å²) in [5.41, 5.74) is -0.382. The second-order valence-electron chi connectivity index (χ2n) is 6.36. The van der Waals surface area contributed by atoms with Gasteiger partial charge in [0.1, 0.15) is 5.60 Å². The minimum Gasteiger partial charge on any atom is -0.460 e. The quantitative estimate of drug-likeness (QED) is 0.627. The van der Waals surface area contributed by atoms with E-state index in [0.717, 1.165) is 26.1 Å². The predicted molar refractivity (Wildman–Crippen MR) is 84.9 cm³/mol. The van der Waals surface area contributed by atoms with E-state index in [1.807, 2.05) is 20.8 Å². The third-order valence-corrected chi connectivity index (χ3v) is 3.25. The van der Waals surface area contributed by atoms with Crippen molar-refractivity contribution in [1.82, 2.24) is 10.2 Å². The number of esters is 1. The Hall–Kier alpha value is -0.610. The average molecular weight is 286 g/mol. The Kier molecular flexibility index (Phi) is 9.86. The summed E-state index contributed by atoms with van der Waals surface area (Å²) in [6.07, 6.45) is 2.78. The van der Waals surface area contributed by atoms with Gasteiger partial charge in [0.15, 0.2) is 0 Å². The fraction of sp³-hybridized carbons (Fsp3) is 0.938. The number of ether oxygens (including phenoxy) is 1. The molecule has 0 aliphatic rings. The molecule has 0 spiro atoms. The normalized spacial score (nSPS) is 13.6. The van der Waals surface area contributed by atoms with E-state index in [0.29, 0.717) is 19.0 Å². The van der Waals surface area contributed by atoms with Crippen molar-refractivity contribution in [2.45, 2.75) is 72.4 Å². The maximum Gasteiger partial charge on any atom is 0.307 e. The van der Waals surface area contributed by atoms with Crippen LogP contribution in [0, 0.1) is 0 Å². The van der Waals surface area contributed by atoms with E-state index in [1.165, 1.54) is 6.42 Å². The van der Waals surface area contributed by atoms with Gasteiger partial charge in [0, 0.05) is 12.6 Å². The molecule has 0 aromatic heterocycles. The Morgan fingerprint density at radius 2 is 1.85 bits per heavy atom. The summed E-state index contributed by atoms with van der Waals surface area (Å²) < 4.78 is 5.28. The first kappa shape index (κ1) is 19.4. The van der Waals surface area contributed by atoms with Crippen LogP contribution in [0.1, 0.15) is 60.8 Å². The van der Waals surface area contributed by atoms with E-state index >= 15 is 0 Å². The van der Waals surface area contributed by atoms with Crippen LogP contribution in [-0.2, 0) is 9.53 Å². The highest BCUT2D eigenvalue weighted by molar-refractivity contribution is 5.70. The zero-order chi connectivity index (χ0) is 15.6. The van der Waals surface area contributed by atoms with Gasteiger partial charge >= 0.3 is 5.97 Å². The largest absolute Gasteiger partial charge is 0.460 e. The molecule has 0 bridgehead atoms. The van der Waals surface area contributed by atoms with Crippen molar-refractivity contribution < 1.29 is 9.53 Å². The van der Waals surface area contributed by atoms with E-state index in [-0.39, 0.29) is 11.6 Å². The highest BCUT2D eigenvalue weighted by Crippen LogP contribution is 2.08. The van der Waals surface area contributed by atoms with Crippen LogP contribution in [0.5, 0.6) is 0 Å². The van der Waals surface area contributed by atoms with Crippen molar-refractivity contribution >= 4 is 5.97 Å². The molecule has 1 atom stereocenters. The Bertz CT molecular complexity index is 258. The molecule has 0 aromatic rings. The van der Waals surface area contributed by atoms with Gasteiger partial charge in [-0.15, -0.1) is 0 Å². The van der Waals surface area contributed by atoms with E-state index in [4.69, 9.17) is 4.74 Å². The number of hydrogen-bond acceptors (Lipinski definition) is 4. The second kappa shape index (κ2) is 10.2. The molecule has 0 rings (SSSR count). The molecule has 120 valence electrons. The van der Waals surface area contributed by atoms with Crippen LogP contribution >= 0.6 is 0 Å². The lowest BCUT2D eigenvalue weighted by molar-refractivity contribution is -0.154. The molecule has 4 heteroatoms. The summed E-state index contributed by atoms with van der Waals surface area (Å²) in [5.74, 6) is -0.125. The van der Waals surface area contributed by atoms with Crippen molar-refractivity contribution in [1.29, 1.82) is 0 Å². The van der Waals surface area contributed by atoms with Crippen molar-refractivity contribution in [3.8, 4) is 0 Å². The second-order valence-corrected chi connectivity index (χ2v) is 6.36. The minimum atomic E-state index is -0.382. The van der Waals surface area contributed by atoms with Gasteiger partial charge in [0.25, 0.3) is 0 Å². The van der Waals surface area contributed by atoms with Gasteiger partial charge < -0.3 is 15.0 Å². The fourth-order valence-corrected chi connectivity index (χ4v) is 2.08. The first-order chi connectivity index (χ1) is 9.28. The highest BCUT2D eigenvalue weighted by atomic mass is 16.6. The van der Waals surface area contributed by atoms with Gasteiger partial charge in [0.2, 0.25) is 0 Å². The Balaban J connectivity index is 3.63.